The van der Waals surface area contributed by atoms with Crippen LogP contribution in [0.15, 0.2) is 38.9 Å². The maximum atomic E-state index is 12.7. The van der Waals surface area contributed by atoms with E-state index in [9.17, 15) is 9.59 Å². The molecule has 9 heteroatoms. The Bertz CT molecular complexity index is 978. The first-order chi connectivity index (χ1) is 12.6. The summed E-state index contributed by atoms with van der Waals surface area (Å²) in [6.45, 7) is 1.14. The van der Waals surface area contributed by atoms with Crippen molar-refractivity contribution in [3.05, 3.63) is 51.6 Å². The molecule has 0 aromatic carbocycles. The van der Waals surface area contributed by atoms with Crippen LogP contribution < -0.4 is 5.56 Å². The Morgan fingerprint density at radius 1 is 1.31 bits per heavy atom. The Hall–Kier alpha value is -2.81. The van der Waals surface area contributed by atoms with Crippen LogP contribution in [0.3, 0.4) is 0 Å². The van der Waals surface area contributed by atoms with Crippen molar-refractivity contribution in [2.75, 3.05) is 13.1 Å². The van der Waals surface area contributed by atoms with E-state index in [-0.39, 0.29) is 23.1 Å². The molecule has 4 heterocycles. The van der Waals surface area contributed by atoms with Crippen LogP contribution in [0.2, 0.25) is 0 Å². The molecule has 1 atom stereocenters. The van der Waals surface area contributed by atoms with Crippen molar-refractivity contribution < 1.29 is 9.21 Å². The fourth-order valence-corrected chi connectivity index (χ4v) is 3.69. The molecular formula is C17H17N5O3S. The van der Waals surface area contributed by atoms with E-state index in [1.165, 1.54) is 23.9 Å². The normalized spacial score (nSPS) is 17.4. The Balaban J connectivity index is 1.51. The van der Waals surface area contributed by atoms with Crippen LogP contribution in [0.4, 0.5) is 0 Å². The molecular weight excluding hydrogens is 354 g/mol. The average Bonchev–Trinajstić information content (AvgIpc) is 3.35. The number of amides is 1. The maximum Gasteiger partial charge on any atom is 0.274 e. The van der Waals surface area contributed by atoms with E-state index in [2.05, 4.69) is 15.3 Å². The number of aromatic nitrogens is 4. The zero-order valence-corrected chi connectivity index (χ0v) is 15.0. The highest BCUT2D eigenvalue weighted by Gasteiger charge is 2.29. The molecule has 1 aliphatic rings. The summed E-state index contributed by atoms with van der Waals surface area (Å²) < 4.78 is 6.99. The first-order valence-electron chi connectivity index (χ1n) is 8.33. The molecule has 0 saturated carbocycles. The van der Waals surface area contributed by atoms with Crippen molar-refractivity contribution in [2.45, 2.75) is 18.8 Å². The molecule has 0 bridgehead atoms. The Labute approximate surface area is 153 Å². The van der Waals surface area contributed by atoms with Crippen LogP contribution in [0.1, 0.15) is 35.1 Å². The minimum atomic E-state index is -0.245. The van der Waals surface area contributed by atoms with Crippen LogP contribution >= 0.6 is 11.3 Å². The average molecular weight is 371 g/mol. The van der Waals surface area contributed by atoms with Gasteiger partial charge in [-0.15, -0.1) is 21.5 Å². The van der Waals surface area contributed by atoms with Gasteiger partial charge in [-0.25, -0.2) is 4.68 Å². The summed E-state index contributed by atoms with van der Waals surface area (Å²) >= 11 is 1.54. The van der Waals surface area contributed by atoms with Crippen LogP contribution in [0.25, 0.3) is 10.8 Å². The summed E-state index contributed by atoms with van der Waals surface area (Å²) in [5, 5.41) is 14.3. The van der Waals surface area contributed by atoms with Crippen LogP contribution in [0.5, 0.6) is 0 Å². The molecule has 1 amide bonds. The van der Waals surface area contributed by atoms with E-state index in [4.69, 9.17) is 4.42 Å². The number of likely N-dealkylation sites (tertiary alicyclic amines) is 1. The largest absolute Gasteiger partial charge is 0.420 e. The van der Waals surface area contributed by atoms with E-state index >= 15 is 0 Å². The maximum absolute atomic E-state index is 12.7. The van der Waals surface area contributed by atoms with E-state index in [0.29, 0.717) is 24.9 Å². The third-order valence-electron chi connectivity index (χ3n) is 4.41. The van der Waals surface area contributed by atoms with Gasteiger partial charge in [0.25, 0.3) is 17.4 Å². The summed E-state index contributed by atoms with van der Waals surface area (Å²) in [5.41, 5.74) is 0.0163. The first-order valence-corrected chi connectivity index (χ1v) is 9.20. The van der Waals surface area contributed by atoms with Gasteiger partial charge in [0, 0.05) is 26.2 Å². The minimum absolute atomic E-state index is 0.00134. The topological polar surface area (TPSA) is 94.1 Å². The van der Waals surface area contributed by atoms with Crippen molar-refractivity contribution in [1.29, 1.82) is 0 Å². The van der Waals surface area contributed by atoms with Crippen LogP contribution in [-0.4, -0.2) is 43.9 Å². The van der Waals surface area contributed by atoms with Crippen LogP contribution in [0, 0.1) is 0 Å². The molecule has 4 rings (SSSR count). The molecule has 0 N–H and O–H groups in total. The standard InChI is InChI=1S/C17H17N5O3S/c1-21-14(23)7-6-12(20-21)17(24)22-8-2-4-11(10-22)15-18-19-16(25-15)13-5-3-9-26-13/h3,5-7,9,11H,2,4,8,10H2,1H3/t11-/m1/s1. The number of aryl methyl sites for hydroxylation is 1. The highest BCUT2D eigenvalue weighted by Crippen LogP contribution is 2.30. The summed E-state index contributed by atoms with van der Waals surface area (Å²) in [4.78, 5) is 26.8. The van der Waals surface area contributed by atoms with E-state index < -0.39 is 0 Å². The molecule has 1 saturated heterocycles. The van der Waals surface area contributed by atoms with Gasteiger partial charge in [-0.2, -0.15) is 5.10 Å². The number of hydrogen-bond acceptors (Lipinski definition) is 7. The molecule has 26 heavy (non-hydrogen) atoms. The zero-order chi connectivity index (χ0) is 18.1. The van der Waals surface area contributed by atoms with E-state index in [1.807, 2.05) is 17.5 Å². The quantitative estimate of drug-likeness (QED) is 0.698. The Morgan fingerprint density at radius 2 is 2.19 bits per heavy atom. The highest BCUT2D eigenvalue weighted by atomic mass is 32.1. The number of nitrogens with zero attached hydrogens (tertiary/aromatic N) is 5. The van der Waals surface area contributed by atoms with Gasteiger partial charge in [-0.05, 0) is 30.4 Å². The predicted octanol–water partition coefficient (Wildman–Crippen LogP) is 1.91. The van der Waals surface area contributed by atoms with Crippen molar-refractivity contribution in [2.24, 2.45) is 7.05 Å². The van der Waals surface area contributed by atoms with Gasteiger partial charge in [-0.3, -0.25) is 9.59 Å². The van der Waals surface area contributed by atoms with Gasteiger partial charge in [-0.1, -0.05) is 6.07 Å². The van der Waals surface area contributed by atoms with Gasteiger partial charge in [0.15, 0.2) is 0 Å². The smallest absolute Gasteiger partial charge is 0.274 e. The van der Waals surface area contributed by atoms with Crippen molar-refractivity contribution in [3.8, 4) is 10.8 Å². The highest BCUT2D eigenvalue weighted by molar-refractivity contribution is 7.13. The lowest BCUT2D eigenvalue weighted by Crippen LogP contribution is -2.40. The third-order valence-corrected chi connectivity index (χ3v) is 5.27. The molecule has 0 unspecified atom stereocenters. The number of thiophene rings is 1. The van der Waals surface area contributed by atoms with E-state index in [1.54, 1.807) is 16.2 Å². The molecule has 0 radical (unpaired) electrons. The summed E-state index contributed by atoms with van der Waals surface area (Å²) in [6.07, 6.45) is 1.73. The predicted molar refractivity (Wildman–Crippen MR) is 95.0 cm³/mol. The zero-order valence-electron chi connectivity index (χ0n) is 14.2. The third kappa shape index (κ3) is 3.17. The van der Waals surface area contributed by atoms with Gasteiger partial charge >= 0.3 is 0 Å². The molecule has 1 fully saturated rings. The SMILES string of the molecule is Cn1nc(C(=O)N2CCC[C@@H](c3nnc(-c4cccs4)o3)C2)ccc1=O. The summed E-state index contributed by atoms with van der Waals surface area (Å²) in [5.74, 6) is 0.877. The monoisotopic (exact) mass is 371 g/mol. The molecule has 1 aliphatic heterocycles. The molecule has 3 aromatic rings. The van der Waals surface area contributed by atoms with Gasteiger partial charge in [0.1, 0.15) is 5.69 Å². The van der Waals surface area contributed by atoms with E-state index in [0.717, 1.165) is 17.7 Å². The second-order valence-electron chi connectivity index (χ2n) is 6.19. The lowest BCUT2D eigenvalue weighted by atomic mass is 9.98. The summed E-state index contributed by atoms with van der Waals surface area (Å²) in [6, 6.07) is 6.69. The Kier molecular flexibility index (Phi) is 4.37. The molecule has 134 valence electrons. The van der Waals surface area contributed by atoms with Crippen molar-refractivity contribution >= 4 is 17.2 Å². The number of carbonyl (C=O) groups excluding carboxylic acids is 1. The van der Waals surface area contributed by atoms with Gasteiger partial charge < -0.3 is 9.32 Å². The summed E-state index contributed by atoms with van der Waals surface area (Å²) in [7, 11) is 1.53. The lowest BCUT2D eigenvalue weighted by Gasteiger charge is -2.30. The van der Waals surface area contributed by atoms with Crippen molar-refractivity contribution in [1.82, 2.24) is 24.9 Å². The van der Waals surface area contributed by atoms with Crippen LogP contribution in [-0.2, 0) is 7.05 Å². The number of hydrogen-bond donors (Lipinski definition) is 0. The van der Waals surface area contributed by atoms with Gasteiger partial charge in [0.05, 0.1) is 10.8 Å². The first kappa shape index (κ1) is 16.6. The second kappa shape index (κ2) is 6.83. The molecule has 0 aliphatic carbocycles. The van der Waals surface area contributed by atoms with Gasteiger partial charge in [0.2, 0.25) is 5.89 Å². The molecule has 0 spiro atoms. The number of carbonyl (C=O) groups is 1. The fraction of sp³-hybridized carbons (Fsp3) is 0.353. The van der Waals surface area contributed by atoms with Crippen molar-refractivity contribution in [3.63, 3.8) is 0 Å². The number of rotatable bonds is 3. The lowest BCUT2D eigenvalue weighted by molar-refractivity contribution is 0.0690. The molecule has 8 nitrogen and oxygen atoms in total. The minimum Gasteiger partial charge on any atom is -0.420 e. The molecule has 3 aromatic heterocycles. The fourth-order valence-electron chi connectivity index (χ4n) is 3.04. The second-order valence-corrected chi connectivity index (χ2v) is 7.14. The number of piperidine rings is 1. The Morgan fingerprint density at radius 3 is 2.96 bits per heavy atom.